The maximum Gasteiger partial charge on any atom is 0.220 e. The molecule has 14 heavy (non-hydrogen) atoms. The maximum atomic E-state index is 11.3. The van der Waals surface area contributed by atoms with Crippen LogP contribution in [0.3, 0.4) is 0 Å². The highest BCUT2D eigenvalue weighted by Gasteiger charge is 2.24. The molecule has 2 unspecified atom stereocenters. The van der Waals surface area contributed by atoms with Crippen LogP contribution >= 0.6 is 15.9 Å². The van der Waals surface area contributed by atoms with Crippen molar-refractivity contribution in [3.8, 4) is 0 Å². The molecule has 1 rings (SSSR count). The molecule has 82 valence electrons. The van der Waals surface area contributed by atoms with Gasteiger partial charge in [0, 0.05) is 17.8 Å². The lowest BCUT2D eigenvalue weighted by Gasteiger charge is -2.14. The molecule has 1 fully saturated rings. The van der Waals surface area contributed by atoms with Crippen LogP contribution in [0.5, 0.6) is 0 Å². The third kappa shape index (κ3) is 3.99. The Morgan fingerprint density at radius 2 is 2.29 bits per heavy atom. The lowest BCUT2D eigenvalue weighted by atomic mass is 10.1. The zero-order valence-corrected chi connectivity index (χ0v) is 10.5. The highest BCUT2D eigenvalue weighted by Crippen LogP contribution is 2.30. The minimum Gasteiger partial charge on any atom is -0.356 e. The number of alkyl halides is 1. The minimum atomic E-state index is 0.221. The number of hydrogen-bond acceptors (Lipinski definition) is 1. The molecular formula is C11H20BrNO. The van der Waals surface area contributed by atoms with Crippen molar-refractivity contribution in [3.63, 3.8) is 0 Å². The second kappa shape index (κ2) is 6.44. The topological polar surface area (TPSA) is 29.1 Å². The summed E-state index contributed by atoms with van der Waals surface area (Å²) in [5.74, 6) is 0.874. The normalized spacial score (nSPS) is 26.4. The van der Waals surface area contributed by atoms with Crippen molar-refractivity contribution in [2.75, 3.05) is 6.54 Å². The van der Waals surface area contributed by atoms with Gasteiger partial charge in [-0.2, -0.15) is 0 Å². The molecule has 1 saturated carbocycles. The maximum absolute atomic E-state index is 11.3. The first-order valence-corrected chi connectivity index (χ1v) is 6.56. The molecule has 0 saturated heterocycles. The molecule has 1 amide bonds. The fourth-order valence-corrected chi connectivity index (χ4v) is 2.67. The van der Waals surface area contributed by atoms with E-state index in [1.165, 1.54) is 19.3 Å². The first kappa shape index (κ1) is 12.0. The Morgan fingerprint density at radius 1 is 1.50 bits per heavy atom. The van der Waals surface area contributed by atoms with Gasteiger partial charge in [-0.05, 0) is 25.2 Å². The number of carbonyl (C=O) groups is 1. The van der Waals surface area contributed by atoms with Crippen LogP contribution in [0.15, 0.2) is 0 Å². The summed E-state index contributed by atoms with van der Waals surface area (Å²) in [6.45, 7) is 2.97. The number of hydrogen-bond donors (Lipinski definition) is 1. The van der Waals surface area contributed by atoms with Gasteiger partial charge in [-0.25, -0.2) is 0 Å². The van der Waals surface area contributed by atoms with E-state index in [1.54, 1.807) is 0 Å². The van der Waals surface area contributed by atoms with Gasteiger partial charge in [0.1, 0.15) is 0 Å². The third-order valence-electron chi connectivity index (χ3n) is 2.89. The average Bonchev–Trinajstić information content (AvgIpc) is 2.58. The molecule has 3 heteroatoms. The lowest BCUT2D eigenvalue weighted by Crippen LogP contribution is -2.30. The van der Waals surface area contributed by atoms with Crippen molar-refractivity contribution < 1.29 is 4.79 Å². The number of halogens is 1. The van der Waals surface area contributed by atoms with E-state index in [1.807, 2.05) is 0 Å². The van der Waals surface area contributed by atoms with E-state index in [0.29, 0.717) is 17.2 Å². The Morgan fingerprint density at radius 3 is 2.86 bits per heavy atom. The summed E-state index contributed by atoms with van der Waals surface area (Å²) in [6.07, 6.45) is 6.60. The van der Waals surface area contributed by atoms with Crippen molar-refractivity contribution in [1.29, 1.82) is 0 Å². The van der Waals surface area contributed by atoms with E-state index in [-0.39, 0.29) is 5.91 Å². The van der Waals surface area contributed by atoms with Crippen LogP contribution in [-0.4, -0.2) is 17.3 Å². The molecule has 0 aromatic carbocycles. The van der Waals surface area contributed by atoms with Gasteiger partial charge in [-0.3, -0.25) is 4.79 Å². The van der Waals surface area contributed by atoms with E-state index in [9.17, 15) is 4.79 Å². The van der Waals surface area contributed by atoms with Gasteiger partial charge >= 0.3 is 0 Å². The largest absolute Gasteiger partial charge is 0.356 e. The summed E-state index contributed by atoms with van der Waals surface area (Å²) >= 11 is 3.66. The number of carbonyl (C=O) groups excluding carboxylic acids is 1. The molecule has 0 bridgehead atoms. The van der Waals surface area contributed by atoms with Gasteiger partial charge in [-0.1, -0.05) is 35.7 Å². The quantitative estimate of drug-likeness (QED) is 0.758. The smallest absolute Gasteiger partial charge is 0.220 e. The lowest BCUT2D eigenvalue weighted by molar-refractivity contribution is -0.121. The molecule has 1 N–H and O–H groups in total. The monoisotopic (exact) mass is 261 g/mol. The SMILES string of the molecule is CCCCC(=O)NCC1CCCC1Br. The third-order valence-corrected chi connectivity index (χ3v) is 4.09. The van der Waals surface area contributed by atoms with Gasteiger partial charge in [0.15, 0.2) is 0 Å². The Bertz CT molecular complexity index is 184. The molecule has 1 aliphatic carbocycles. The average molecular weight is 262 g/mol. The van der Waals surface area contributed by atoms with Crippen molar-refractivity contribution in [2.45, 2.75) is 50.3 Å². The Kier molecular flexibility index (Phi) is 5.53. The number of nitrogens with one attached hydrogen (secondary N) is 1. The summed E-state index contributed by atoms with van der Waals surface area (Å²) in [7, 11) is 0. The Balaban J connectivity index is 2.10. The van der Waals surface area contributed by atoms with Gasteiger partial charge in [0.2, 0.25) is 5.91 Å². The van der Waals surface area contributed by atoms with E-state index in [4.69, 9.17) is 0 Å². The summed E-state index contributed by atoms with van der Waals surface area (Å²) in [5.41, 5.74) is 0. The Hall–Kier alpha value is -0.0500. The van der Waals surface area contributed by atoms with Gasteiger partial charge in [0.25, 0.3) is 0 Å². The van der Waals surface area contributed by atoms with Gasteiger partial charge in [0.05, 0.1) is 0 Å². The summed E-state index contributed by atoms with van der Waals surface area (Å²) in [5, 5.41) is 3.02. The van der Waals surface area contributed by atoms with Crippen LogP contribution in [0.2, 0.25) is 0 Å². The number of amides is 1. The predicted octanol–water partition coefficient (Wildman–Crippen LogP) is 2.86. The molecule has 0 aromatic rings. The summed E-state index contributed by atoms with van der Waals surface area (Å²) in [4.78, 5) is 12.0. The van der Waals surface area contributed by atoms with Crippen molar-refractivity contribution in [3.05, 3.63) is 0 Å². The zero-order valence-electron chi connectivity index (χ0n) is 8.89. The fourth-order valence-electron chi connectivity index (χ4n) is 1.89. The highest BCUT2D eigenvalue weighted by atomic mass is 79.9. The molecule has 1 aliphatic rings. The summed E-state index contributed by atoms with van der Waals surface area (Å²) < 4.78 is 0. The van der Waals surface area contributed by atoms with Gasteiger partial charge in [-0.15, -0.1) is 0 Å². The second-order valence-corrected chi connectivity index (χ2v) is 5.29. The van der Waals surface area contributed by atoms with Gasteiger partial charge < -0.3 is 5.32 Å². The van der Waals surface area contributed by atoms with E-state index in [0.717, 1.165) is 19.4 Å². The van der Waals surface area contributed by atoms with Crippen molar-refractivity contribution in [1.82, 2.24) is 5.32 Å². The standard InChI is InChI=1S/C11H20BrNO/c1-2-3-7-11(14)13-8-9-5-4-6-10(9)12/h9-10H,2-8H2,1H3,(H,13,14). The predicted molar refractivity (Wildman–Crippen MR) is 62.6 cm³/mol. The molecule has 0 spiro atoms. The molecular weight excluding hydrogens is 242 g/mol. The van der Waals surface area contributed by atoms with Crippen LogP contribution in [-0.2, 0) is 4.79 Å². The fraction of sp³-hybridized carbons (Fsp3) is 0.909. The first-order valence-electron chi connectivity index (χ1n) is 5.64. The molecule has 2 nitrogen and oxygen atoms in total. The van der Waals surface area contributed by atoms with Crippen LogP contribution in [0.1, 0.15) is 45.4 Å². The van der Waals surface area contributed by atoms with Crippen molar-refractivity contribution >= 4 is 21.8 Å². The van der Waals surface area contributed by atoms with Crippen LogP contribution < -0.4 is 5.32 Å². The molecule has 0 heterocycles. The second-order valence-electron chi connectivity index (χ2n) is 4.11. The van der Waals surface area contributed by atoms with Crippen molar-refractivity contribution in [2.24, 2.45) is 5.92 Å². The van der Waals surface area contributed by atoms with E-state index >= 15 is 0 Å². The van der Waals surface area contributed by atoms with E-state index < -0.39 is 0 Å². The number of rotatable bonds is 5. The first-order chi connectivity index (χ1) is 6.74. The molecule has 0 aromatic heterocycles. The van der Waals surface area contributed by atoms with E-state index in [2.05, 4.69) is 28.2 Å². The zero-order chi connectivity index (χ0) is 10.4. The van der Waals surface area contributed by atoms with Crippen LogP contribution in [0, 0.1) is 5.92 Å². The molecule has 0 radical (unpaired) electrons. The van der Waals surface area contributed by atoms with Crippen LogP contribution in [0.25, 0.3) is 0 Å². The molecule has 0 aliphatic heterocycles. The Labute approximate surface area is 95.0 Å². The number of unbranched alkanes of at least 4 members (excludes halogenated alkanes) is 1. The van der Waals surface area contributed by atoms with Crippen LogP contribution in [0.4, 0.5) is 0 Å². The summed E-state index contributed by atoms with van der Waals surface area (Å²) in [6, 6.07) is 0. The minimum absolute atomic E-state index is 0.221. The highest BCUT2D eigenvalue weighted by molar-refractivity contribution is 9.09. The molecule has 2 atom stereocenters.